The summed E-state index contributed by atoms with van der Waals surface area (Å²) >= 11 is 1.52. The molecule has 1 aromatic heterocycles. The van der Waals surface area contributed by atoms with Crippen molar-refractivity contribution in [3.8, 4) is 0 Å². The van der Waals surface area contributed by atoms with Crippen LogP contribution in [-0.4, -0.2) is 34.0 Å². The summed E-state index contributed by atoms with van der Waals surface area (Å²) < 4.78 is 0. The first-order valence-electron chi connectivity index (χ1n) is 4.82. The fraction of sp³-hybridized carbons (Fsp3) is 0.600. The summed E-state index contributed by atoms with van der Waals surface area (Å²) in [6, 6.07) is -0.452. The Hall–Kier alpha value is -0.940. The van der Waals surface area contributed by atoms with Crippen LogP contribution in [0.2, 0.25) is 0 Å². The van der Waals surface area contributed by atoms with Gasteiger partial charge < -0.3 is 5.11 Å². The Kier molecular flexibility index (Phi) is 4.23. The number of nitrogens with zero attached hydrogens (tertiary/aromatic N) is 2. The molecule has 1 unspecified atom stereocenters. The fourth-order valence-corrected chi connectivity index (χ4v) is 2.20. The topological polar surface area (TPSA) is 53.4 Å². The van der Waals surface area contributed by atoms with Crippen molar-refractivity contribution in [2.75, 3.05) is 7.05 Å². The van der Waals surface area contributed by atoms with Gasteiger partial charge >= 0.3 is 5.97 Å². The number of hydrogen-bond acceptors (Lipinski definition) is 4. The molecule has 1 N–H and O–H groups in total. The van der Waals surface area contributed by atoms with Gasteiger partial charge in [0.1, 0.15) is 6.04 Å². The average Bonchev–Trinajstić information content (AvgIpc) is 2.54. The van der Waals surface area contributed by atoms with E-state index in [-0.39, 0.29) is 5.92 Å². The number of hydrogen-bond donors (Lipinski definition) is 1. The zero-order valence-corrected chi connectivity index (χ0v) is 9.99. The van der Waals surface area contributed by atoms with Crippen LogP contribution >= 0.6 is 11.3 Å². The predicted molar refractivity (Wildman–Crippen MR) is 59.8 cm³/mol. The number of likely N-dealkylation sites (N-methyl/N-ethyl adjacent to an activating group) is 1. The highest BCUT2D eigenvalue weighted by atomic mass is 32.1. The molecule has 0 aliphatic heterocycles. The monoisotopic (exact) mass is 228 g/mol. The van der Waals surface area contributed by atoms with Gasteiger partial charge in [-0.2, -0.15) is 0 Å². The number of aliphatic carboxylic acids is 1. The minimum atomic E-state index is -0.775. The molecule has 0 fully saturated rings. The van der Waals surface area contributed by atoms with E-state index in [4.69, 9.17) is 5.11 Å². The quantitative estimate of drug-likeness (QED) is 0.833. The molecule has 1 aromatic rings. The lowest BCUT2D eigenvalue weighted by atomic mass is 10.0. The molecule has 1 atom stereocenters. The van der Waals surface area contributed by atoms with E-state index in [1.165, 1.54) is 11.3 Å². The minimum absolute atomic E-state index is 0.0890. The molecule has 0 saturated heterocycles. The maximum absolute atomic E-state index is 11.1. The molecule has 15 heavy (non-hydrogen) atoms. The second-order valence-corrected chi connectivity index (χ2v) is 4.64. The Morgan fingerprint density at radius 1 is 1.67 bits per heavy atom. The van der Waals surface area contributed by atoms with E-state index in [9.17, 15) is 4.79 Å². The average molecular weight is 228 g/mol. The highest BCUT2D eigenvalue weighted by Crippen LogP contribution is 2.13. The van der Waals surface area contributed by atoms with Crippen molar-refractivity contribution < 1.29 is 9.90 Å². The van der Waals surface area contributed by atoms with Crippen LogP contribution in [-0.2, 0) is 11.3 Å². The van der Waals surface area contributed by atoms with Gasteiger partial charge in [-0.15, -0.1) is 11.3 Å². The smallest absolute Gasteiger partial charge is 0.321 e. The Morgan fingerprint density at radius 3 is 2.73 bits per heavy atom. The number of carboxylic acids is 1. The molecule has 5 heteroatoms. The van der Waals surface area contributed by atoms with Crippen molar-refractivity contribution in [1.82, 2.24) is 9.88 Å². The van der Waals surface area contributed by atoms with Crippen LogP contribution in [0.1, 0.15) is 19.5 Å². The molecule has 4 nitrogen and oxygen atoms in total. The maximum Gasteiger partial charge on any atom is 0.321 e. The third-order valence-electron chi connectivity index (χ3n) is 2.25. The lowest BCUT2D eigenvalue weighted by Gasteiger charge is -2.26. The van der Waals surface area contributed by atoms with Crippen LogP contribution in [0.25, 0.3) is 0 Å². The third-order valence-corrected chi connectivity index (χ3v) is 2.89. The molecule has 0 aromatic carbocycles. The van der Waals surface area contributed by atoms with Gasteiger partial charge in [0.15, 0.2) is 0 Å². The number of carbonyl (C=O) groups is 1. The van der Waals surface area contributed by atoms with E-state index in [2.05, 4.69) is 4.98 Å². The zero-order valence-electron chi connectivity index (χ0n) is 9.17. The lowest BCUT2D eigenvalue weighted by Crippen LogP contribution is -2.41. The Balaban J connectivity index is 2.65. The molecule has 0 radical (unpaired) electrons. The first-order chi connectivity index (χ1) is 7.02. The van der Waals surface area contributed by atoms with Crippen LogP contribution in [0.3, 0.4) is 0 Å². The molecule has 0 bridgehead atoms. The molecule has 0 amide bonds. The lowest BCUT2D eigenvalue weighted by molar-refractivity contribution is -0.144. The van der Waals surface area contributed by atoms with Gasteiger partial charge in [-0.3, -0.25) is 9.69 Å². The molecule has 84 valence electrons. The van der Waals surface area contributed by atoms with E-state index in [1.807, 2.05) is 31.2 Å². The van der Waals surface area contributed by atoms with E-state index >= 15 is 0 Å². The highest BCUT2D eigenvalue weighted by Gasteiger charge is 2.26. The van der Waals surface area contributed by atoms with E-state index in [0.717, 1.165) is 5.69 Å². The van der Waals surface area contributed by atoms with Crippen LogP contribution in [0.5, 0.6) is 0 Å². The molecule has 0 aliphatic rings. The van der Waals surface area contributed by atoms with Gasteiger partial charge in [-0.05, 0) is 13.0 Å². The van der Waals surface area contributed by atoms with Crippen molar-refractivity contribution >= 4 is 17.3 Å². The maximum atomic E-state index is 11.1. The summed E-state index contributed by atoms with van der Waals surface area (Å²) in [5.41, 5.74) is 2.68. The Bertz CT molecular complexity index is 311. The standard InChI is InChI=1S/C10H16N2O2S/c1-7(2)9(10(13)14)12(3)4-8-5-15-6-11-8/h5-7,9H,4H2,1-3H3,(H,13,14). The molecule has 1 heterocycles. The Labute approximate surface area is 93.6 Å². The van der Waals surface area contributed by atoms with Crippen molar-refractivity contribution in [3.63, 3.8) is 0 Å². The van der Waals surface area contributed by atoms with Crippen LogP contribution in [0, 0.1) is 5.92 Å². The summed E-state index contributed by atoms with van der Waals surface area (Å²) in [5, 5.41) is 11.0. The van der Waals surface area contributed by atoms with Gasteiger partial charge in [0.05, 0.1) is 11.2 Å². The van der Waals surface area contributed by atoms with Crippen molar-refractivity contribution in [3.05, 3.63) is 16.6 Å². The first kappa shape index (κ1) is 12.1. The van der Waals surface area contributed by atoms with E-state index < -0.39 is 12.0 Å². The second-order valence-electron chi connectivity index (χ2n) is 3.92. The second kappa shape index (κ2) is 5.23. The zero-order chi connectivity index (χ0) is 11.4. The van der Waals surface area contributed by atoms with Crippen LogP contribution in [0.4, 0.5) is 0 Å². The molecule has 0 saturated carbocycles. The van der Waals surface area contributed by atoms with Gasteiger partial charge in [0.25, 0.3) is 0 Å². The summed E-state index contributed by atoms with van der Waals surface area (Å²) in [7, 11) is 1.82. The third kappa shape index (κ3) is 3.28. The summed E-state index contributed by atoms with van der Waals surface area (Å²) in [6.45, 7) is 4.41. The van der Waals surface area contributed by atoms with Gasteiger partial charge in [-0.25, -0.2) is 4.98 Å². The summed E-state index contributed by atoms with van der Waals surface area (Å²) in [6.07, 6.45) is 0. The summed E-state index contributed by atoms with van der Waals surface area (Å²) in [4.78, 5) is 17.0. The van der Waals surface area contributed by atoms with Gasteiger partial charge in [-0.1, -0.05) is 13.8 Å². The molecular formula is C10H16N2O2S. The number of rotatable bonds is 5. The Morgan fingerprint density at radius 2 is 2.33 bits per heavy atom. The first-order valence-corrected chi connectivity index (χ1v) is 5.76. The van der Waals surface area contributed by atoms with Crippen LogP contribution in [0.15, 0.2) is 10.9 Å². The van der Waals surface area contributed by atoms with Crippen molar-refractivity contribution in [1.29, 1.82) is 0 Å². The van der Waals surface area contributed by atoms with Gasteiger partial charge in [0.2, 0.25) is 0 Å². The minimum Gasteiger partial charge on any atom is -0.480 e. The number of carboxylic acid groups (broad SMARTS) is 1. The number of aromatic nitrogens is 1. The van der Waals surface area contributed by atoms with E-state index in [0.29, 0.717) is 6.54 Å². The SMILES string of the molecule is CC(C)C(C(=O)O)N(C)Cc1cscn1. The van der Waals surface area contributed by atoms with Crippen LogP contribution < -0.4 is 0 Å². The van der Waals surface area contributed by atoms with E-state index in [1.54, 1.807) is 5.51 Å². The van der Waals surface area contributed by atoms with Crippen molar-refractivity contribution in [2.45, 2.75) is 26.4 Å². The fourth-order valence-electron chi connectivity index (χ4n) is 1.65. The largest absolute Gasteiger partial charge is 0.480 e. The van der Waals surface area contributed by atoms with Crippen molar-refractivity contribution in [2.24, 2.45) is 5.92 Å². The highest BCUT2D eigenvalue weighted by molar-refractivity contribution is 7.07. The van der Waals surface area contributed by atoms with Gasteiger partial charge in [0, 0.05) is 11.9 Å². The number of thiazole rings is 1. The molecule has 1 rings (SSSR count). The summed E-state index contributed by atoms with van der Waals surface area (Å²) in [5.74, 6) is -0.686. The molecular weight excluding hydrogens is 212 g/mol. The normalized spacial score (nSPS) is 13.4. The molecule has 0 aliphatic carbocycles. The molecule has 0 spiro atoms. The predicted octanol–water partition coefficient (Wildman–Crippen LogP) is 1.68.